The lowest BCUT2D eigenvalue weighted by Crippen LogP contribution is -2.30. The van der Waals surface area contributed by atoms with Crippen LogP contribution < -0.4 is 5.46 Å². The summed E-state index contributed by atoms with van der Waals surface area (Å²) in [6.07, 6.45) is 18.6. The van der Waals surface area contributed by atoms with E-state index in [1.54, 1.807) is 18.2 Å². The number of hydrogen-bond donors (Lipinski definition) is 2. The summed E-state index contributed by atoms with van der Waals surface area (Å²) in [5.74, 6) is 0. The van der Waals surface area contributed by atoms with Crippen LogP contribution in [0.15, 0.2) is 79.5 Å². The molecular weight excluding hydrogens is 307 g/mol. The molecule has 0 aliphatic heterocycles. The quantitative estimate of drug-likeness (QED) is 0.545. The number of benzene rings is 1. The lowest BCUT2D eigenvalue weighted by Gasteiger charge is -2.11. The third kappa shape index (κ3) is 6.57. The van der Waals surface area contributed by atoms with Gasteiger partial charge in [-0.05, 0) is 54.1 Å². The molecule has 0 atom stereocenters. The Balaban J connectivity index is 3.59. The fraction of sp³-hybridized carbons (Fsp3) is 0.182. The van der Waals surface area contributed by atoms with Crippen LogP contribution in [0.25, 0.3) is 11.1 Å². The van der Waals surface area contributed by atoms with Gasteiger partial charge >= 0.3 is 7.12 Å². The Morgan fingerprint density at radius 1 is 1.00 bits per heavy atom. The topological polar surface area (TPSA) is 40.5 Å². The van der Waals surface area contributed by atoms with E-state index in [1.165, 1.54) is 0 Å². The average Bonchev–Trinajstić information content (AvgIpc) is 2.61. The fourth-order valence-corrected chi connectivity index (χ4v) is 2.38. The van der Waals surface area contributed by atoms with Crippen molar-refractivity contribution in [2.45, 2.75) is 27.2 Å². The Kier molecular flexibility index (Phi) is 9.30. The van der Waals surface area contributed by atoms with Gasteiger partial charge in [0, 0.05) is 0 Å². The first-order chi connectivity index (χ1) is 12.1. The Bertz CT molecular complexity index is 720. The molecule has 0 saturated carbocycles. The minimum atomic E-state index is -1.52. The molecule has 0 bridgehead atoms. The summed E-state index contributed by atoms with van der Waals surface area (Å²) >= 11 is 0. The van der Waals surface area contributed by atoms with Gasteiger partial charge in [-0.15, -0.1) is 0 Å². The highest BCUT2D eigenvalue weighted by molar-refractivity contribution is 6.58. The molecule has 2 nitrogen and oxygen atoms in total. The number of hydrogen-bond acceptors (Lipinski definition) is 2. The maximum atomic E-state index is 9.69. The van der Waals surface area contributed by atoms with Gasteiger partial charge in [-0.3, -0.25) is 0 Å². The molecule has 0 aliphatic rings. The predicted octanol–water partition coefficient (Wildman–Crippen LogP) is 4.44. The maximum absolute atomic E-state index is 9.69. The third-order valence-electron chi connectivity index (χ3n) is 3.57. The standard InChI is InChI=1S/C22H27BO2/c1-5-9-13-18(11-7-3)20-15-21(17-22(16-20)23(24)25)19(12-8-4)14-10-6-2/h6-17,24-25H,3,5H2,1-2,4H3/b10-6-,12-8-,13-9-,18-11+,19-14+. The summed E-state index contributed by atoms with van der Waals surface area (Å²) < 4.78 is 0. The Labute approximate surface area is 152 Å². The second-order valence-electron chi connectivity index (χ2n) is 5.53. The molecule has 0 fully saturated rings. The van der Waals surface area contributed by atoms with Crippen LogP contribution in [0.3, 0.4) is 0 Å². The largest absolute Gasteiger partial charge is 0.488 e. The summed E-state index contributed by atoms with van der Waals surface area (Å²) in [5, 5.41) is 19.4. The van der Waals surface area contributed by atoms with Crippen LogP contribution in [0.5, 0.6) is 0 Å². The minimum Gasteiger partial charge on any atom is -0.423 e. The summed E-state index contributed by atoms with van der Waals surface area (Å²) in [5.41, 5.74) is 4.29. The van der Waals surface area contributed by atoms with Gasteiger partial charge in [-0.25, -0.2) is 0 Å². The van der Waals surface area contributed by atoms with Gasteiger partial charge in [0.05, 0.1) is 0 Å². The zero-order chi connectivity index (χ0) is 18.7. The molecule has 3 heteroatoms. The van der Waals surface area contributed by atoms with Crippen molar-refractivity contribution in [1.82, 2.24) is 0 Å². The first-order valence-electron chi connectivity index (χ1n) is 8.54. The molecular formula is C22H27BO2. The summed E-state index contributed by atoms with van der Waals surface area (Å²) in [4.78, 5) is 0. The molecule has 130 valence electrons. The van der Waals surface area contributed by atoms with Crippen LogP contribution in [0.2, 0.25) is 0 Å². The van der Waals surface area contributed by atoms with Crippen molar-refractivity contribution in [3.05, 3.63) is 90.6 Å². The smallest absolute Gasteiger partial charge is 0.423 e. The van der Waals surface area contributed by atoms with E-state index in [9.17, 15) is 10.0 Å². The van der Waals surface area contributed by atoms with Crippen LogP contribution in [0, 0.1) is 0 Å². The molecule has 0 aliphatic carbocycles. The highest BCUT2D eigenvalue weighted by Crippen LogP contribution is 2.23. The summed E-state index contributed by atoms with van der Waals surface area (Å²) in [7, 11) is -1.52. The van der Waals surface area contributed by atoms with Crippen molar-refractivity contribution in [3.8, 4) is 0 Å². The van der Waals surface area contributed by atoms with E-state index in [4.69, 9.17) is 0 Å². The number of allylic oxidation sites excluding steroid dienone is 11. The van der Waals surface area contributed by atoms with Crippen LogP contribution in [0.1, 0.15) is 38.3 Å². The second kappa shape index (κ2) is 11.2. The van der Waals surface area contributed by atoms with E-state index in [2.05, 4.69) is 25.6 Å². The van der Waals surface area contributed by atoms with Crippen molar-refractivity contribution in [2.75, 3.05) is 0 Å². The van der Waals surface area contributed by atoms with Gasteiger partial charge in [-0.2, -0.15) is 0 Å². The van der Waals surface area contributed by atoms with E-state index in [0.717, 1.165) is 28.7 Å². The van der Waals surface area contributed by atoms with Gasteiger partial charge < -0.3 is 10.0 Å². The molecule has 1 aromatic rings. The van der Waals surface area contributed by atoms with E-state index >= 15 is 0 Å². The van der Waals surface area contributed by atoms with E-state index in [1.807, 2.05) is 56.4 Å². The van der Waals surface area contributed by atoms with Crippen molar-refractivity contribution in [3.63, 3.8) is 0 Å². The van der Waals surface area contributed by atoms with Crippen LogP contribution in [0.4, 0.5) is 0 Å². The predicted molar refractivity (Wildman–Crippen MR) is 111 cm³/mol. The van der Waals surface area contributed by atoms with Crippen molar-refractivity contribution >= 4 is 23.7 Å². The lowest BCUT2D eigenvalue weighted by molar-refractivity contribution is 0.426. The minimum absolute atomic E-state index is 0.461. The van der Waals surface area contributed by atoms with E-state index in [0.29, 0.717) is 5.46 Å². The van der Waals surface area contributed by atoms with Gasteiger partial charge in [0.2, 0.25) is 0 Å². The zero-order valence-electron chi connectivity index (χ0n) is 15.3. The summed E-state index contributed by atoms with van der Waals surface area (Å²) in [6, 6.07) is 5.65. The Hall–Kier alpha value is -2.36. The molecule has 0 amide bonds. The zero-order valence-corrected chi connectivity index (χ0v) is 15.3. The molecule has 0 saturated heterocycles. The molecule has 1 rings (SSSR count). The van der Waals surface area contributed by atoms with E-state index in [-0.39, 0.29) is 0 Å². The molecule has 0 heterocycles. The van der Waals surface area contributed by atoms with Crippen LogP contribution in [-0.4, -0.2) is 17.2 Å². The van der Waals surface area contributed by atoms with Gasteiger partial charge in [0.15, 0.2) is 0 Å². The highest BCUT2D eigenvalue weighted by atomic mass is 16.4. The molecule has 0 radical (unpaired) electrons. The molecule has 2 N–H and O–H groups in total. The fourth-order valence-electron chi connectivity index (χ4n) is 2.38. The Morgan fingerprint density at radius 3 is 2.12 bits per heavy atom. The Morgan fingerprint density at radius 2 is 1.64 bits per heavy atom. The summed E-state index contributed by atoms with van der Waals surface area (Å²) in [6.45, 7) is 9.78. The van der Waals surface area contributed by atoms with Crippen LogP contribution in [-0.2, 0) is 0 Å². The maximum Gasteiger partial charge on any atom is 0.488 e. The molecule has 0 spiro atoms. The van der Waals surface area contributed by atoms with Gasteiger partial charge in [0.1, 0.15) is 0 Å². The normalized spacial score (nSPS) is 13.3. The second-order valence-corrected chi connectivity index (χ2v) is 5.53. The van der Waals surface area contributed by atoms with Gasteiger partial charge in [-0.1, -0.05) is 80.3 Å². The molecule has 1 aromatic carbocycles. The van der Waals surface area contributed by atoms with Crippen molar-refractivity contribution in [1.29, 1.82) is 0 Å². The van der Waals surface area contributed by atoms with Crippen LogP contribution >= 0.6 is 0 Å². The molecule has 0 unspecified atom stereocenters. The highest BCUT2D eigenvalue weighted by Gasteiger charge is 2.14. The molecule has 25 heavy (non-hydrogen) atoms. The first-order valence-corrected chi connectivity index (χ1v) is 8.54. The molecule has 0 aromatic heterocycles. The average molecular weight is 334 g/mol. The lowest BCUT2D eigenvalue weighted by atomic mass is 9.77. The van der Waals surface area contributed by atoms with Gasteiger partial charge in [0.25, 0.3) is 0 Å². The SMILES string of the molecule is C=C/C=C(\C=C/CC)c1cc(B(O)O)cc(C(/C=C\C)=C/C=C\C)c1. The first kappa shape index (κ1) is 20.7. The monoisotopic (exact) mass is 334 g/mol. The van der Waals surface area contributed by atoms with Crippen molar-refractivity contribution < 1.29 is 10.0 Å². The van der Waals surface area contributed by atoms with E-state index < -0.39 is 7.12 Å². The third-order valence-corrected chi connectivity index (χ3v) is 3.57. The number of rotatable bonds is 8. The van der Waals surface area contributed by atoms with Crippen molar-refractivity contribution in [2.24, 2.45) is 0 Å².